The van der Waals surface area contributed by atoms with Crippen molar-refractivity contribution in [2.24, 2.45) is 11.8 Å². The quantitative estimate of drug-likeness (QED) is 0.616. The van der Waals surface area contributed by atoms with Crippen LogP contribution in [0.25, 0.3) is 0 Å². The van der Waals surface area contributed by atoms with Crippen LogP contribution in [-0.2, 0) is 4.79 Å². The van der Waals surface area contributed by atoms with Gasteiger partial charge in [0.05, 0.1) is 0 Å². The Balaban J connectivity index is 1.91. The Morgan fingerprint density at radius 2 is 1.86 bits per heavy atom. The van der Waals surface area contributed by atoms with E-state index in [1.165, 1.54) is 12.8 Å². The van der Waals surface area contributed by atoms with Crippen molar-refractivity contribution in [2.45, 2.75) is 32.6 Å². The number of hydrogen-bond acceptors (Lipinski definition) is 1. The normalized spacial score (nSPS) is 30.5. The van der Waals surface area contributed by atoms with Gasteiger partial charge in [-0.3, -0.25) is 4.79 Å². The van der Waals surface area contributed by atoms with Crippen molar-refractivity contribution in [1.82, 2.24) is 4.90 Å². The second-order valence-electron chi connectivity index (χ2n) is 4.51. The Hall–Kier alpha value is -0.790. The summed E-state index contributed by atoms with van der Waals surface area (Å²) in [6, 6.07) is 0. The van der Waals surface area contributed by atoms with Crippen molar-refractivity contribution in [1.29, 1.82) is 0 Å². The van der Waals surface area contributed by atoms with E-state index < -0.39 is 0 Å². The predicted molar refractivity (Wildman–Crippen MR) is 56.8 cm³/mol. The molecule has 2 atom stereocenters. The maximum atomic E-state index is 11.7. The molecule has 1 heterocycles. The van der Waals surface area contributed by atoms with E-state index in [0.29, 0.717) is 5.91 Å². The number of fused-ring (bicyclic) bond motifs is 1. The number of likely N-dealkylation sites (tertiary alicyclic amines) is 1. The summed E-state index contributed by atoms with van der Waals surface area (Å²) >= 11 is 0. The lowest BCUT2D eigenvalue weighted by Gasteiger charge is -2.17. The molecular weight excluding hydrogens is 174 g/mol. The topological polar surface area (TPSA) is 20.3 Å². The summed E-state index contributed by atoms with van der Waals surface area (Å²) in [5.41, 5.74) is 0. The van der Waals surface area contributed by atoms with E-state index in [0.717, 1.165) is 37.8 Å². The second kappa shape index (κ2) is 4.16. The number of carbonyl (C=O) groups excluding carboxylic acids is 1. The predicted octanol–water partition coefficient (Wildman–Crippen LogP) is 2.21. The SMILES string of the molecule is CCCC(=O)N1CC2CC=CCC2C1. The Morgan fingerprint density at radius 3 is 2.36 bits per heavy atom. The highest BCUT2D eigenvalue weighted by atomic mass is 16.2. The van der Waals surface area contributed by atoms with E-state index in [1.807, 2.05) is 0 Å². The number of allylic oxidation sites excluding steroid dienone is 2. The monoisotopic (exact) mass is 193 g/mol. The largest absolute Gasteiger partial charge is 0.342 e. The summed E-state index contributed by atoms with van der Waals surface area (Å²) in [4.78, 5) is 13.8. The molecule has 0 aromatic rings. The van der Waals surface area contributed by atoms with Crippen molar-refractivity contribution in [3.8, 4) is 0 Å². The molecule has 1 amide bonds. The zero-order chi connectivity index (χ0) is 9.97. The average Bonchev–Trinajstić information content (AvgIpc) is 2.61. The summed E-state index contributed by atoms with van der Waals surface area (Å²) in [7, 11) is 0. The second-order valence-corrected chi connectivity index (χ2v) is 4.51. The minimum atomic E-state index is 0.363. The molecule has 2 heteroatoms. The van der Waals surface area contributed by atoms with Crippen molar-refractivity contribution < 1.29 is 4.79 Å². The maximum absolute atomic E-state index is 11.7. The lowest BCUT2D eigenvalue weighted by Crippen LogP contribution is -2.28. The molecule has 0 aromatic heterocycles. The molecule has 0 saturated carbocycles. The molecule has 0 aromatic carbocycles. The van der Waals surface area contributed by atoms with Crippen LogP contribution in [0.15, 0.2) is 12.2 Å². The van der Waals surface area contributed by atoms with Crippen LogP contribution < -0.4 is 0 Å². The average molecular weight is 193 g/mol. The summed E-state index contributed by atoms with van der Waals surface area (Å²) in [5.74, 6) is 1.86. The smallest absolute Gasteiger partial charge is 0.222 e. The molecule has 1 saturated heterocycles. The van der Waals surface area contributed by atoms with E-state index in [1.54, 1.807) is 0 Å². The molecular formula is C12H19NO. The first-order valence-electron chi connectivity index (χ1n) is 5.74. The summed E-state index contributed by atoms with van der Waals surface area (Å²) < 4.78 is 0. The van der Waals surface area contributed by atoms with Crippen LogP contribution in [0.4, 0.5) is 0 Å². The highest BCUT2D eigenvalue weighted by molar-refractivity contribution is 5.76. The number of amides is 1. The Morgan fingerprint density at radius 1 is 1.29 bits per heavy atom. The molecule has 2 rings (SSSR count). The number of rotatable bonds is 2. The van der Waals surface area contributed by atoms with Gasteiger partial charge < -0.3 is 4.90 Å². The van der Waals surface area contributed by atoms with Gasteiger partial charge in [0.25, 0.3) is 0 Å². The highest BCUT2D eigenvalue weighted by Gasteiger charge is 2.34. The Kier molecular flexibility index (Phi) is 2.90. The molecule has 0 spiro atoms. The van der Waals surface area contributed by atoms with Crippen molar-refractivity contribution in [3.05, 3.63) is 12.2 Å². The van der Waals surface area contributed by atoms with Gasteiger partial charge in [-0.25, -0.2) is 0 Å². The zero-order valence-electron chi connectivity index (χ0n) is 8.91. The first-order valence-corrected chi connectivity index (χ1v) is 5.74. The third-order valence-electron chi connectivity index (χ3n) is 3.44. The van der Waals surface area contributed by atoms with Crippen LogP contribution >= 0.6 is 0 Å². The standard InChI is InChI=1S/C12H19NO/c1-2-5-12(14)13-8-10-6-3-4-7-11(10)9-13/h3-4,10-11H,2,5-9H2,1H3. The molecule has 0 bridgehead atoms. The maximum Gasteiger partial charge on any atom is 0.222 e. The fourth-order valence-corrected chi connectivity index (χ4v) is 2.59. The fourth-order valence-electron chi connectivity index (χ4n) is 2.59. The van der Waals surface area contributed by atoms with Crippen LogP contribution in [0.1, 0.15) is 32.6 Å². The van der Waals surface area contributed by atoms with Gasteiger partial charge in [-0.05, 0) is 31.1 Å². The van der Waals surface area contributed by atoms with E-state index in [9.17, 15) is 4.79 Å². The molecule has 2 unspecified atom stereocenters. The molecule has 0 N–H and O–H groups in total. The molecule has 78 valence electrons. The number of nitrogens with zero attached hydrogens (tertiary/aromatic N) is 1. The van der Waals surface area contributed by atoms with Gasteiger partial charge >= 0.3 is 0 Å². The first-order chi connectivity index (χ1) is 6.81. The van der Waals surface area contributed by atoms with Gasteiger partial charge in [-0.2, -0.15) is 0 Å². The van der Waals surface area contributed by atoms with E-state index in [4.69, 9.17) is 0 Å². The molecule has 1 fully saturated rings. The molecule has 2 nitrogen and oxygen atoms in total. The fraction of sp³-hybridized carbons (Fsp3) is 0.750. The summed E-state index contributed by atoms with van der Waals surface area (Å²) in [5, 5.41) is 0. The van der Waals surface area contributed by atoms with Crippen LogP contribution in [-0.4, -0.2) is 23.9 Å². The van der Waals surface area contributed by atoms with E-state index in [-0.39, 0.29) is 0 Å². The van der Waals surface area contributed by atoms with Crippen molar-refractivity contribution >= 4 is 5.91 Å². The molecule has 2 aliphatic rings. The zero-order valence-corrected chi connectivity index (χ0v) is 8.91. The Bertz CT molecular complexity index is 231. The molecule has 1 aliphatic carbocycles. The Labute approximate surface area is 86.0 Å². The van der Waals surface area contributed by atoms with Gasteiger partial charge in [0.15, 0.2) is 0 Å². The van der Waals surface area contributed by atoms with Crippen LogP contribution in [0, 0.1) is 11.8 Å². The molecule has 1 aliphatic heterocycles. The minimum absolute atomic E-state index is 0.363. The lowest BCUT2D eigenvalue weighted by molar-refractivity contribution is -0.130. The van der Waals surface area contributed by atoms with Crippen molar-refractivity contribution in [3.63, 3.8) is 0 Å². The van der Waals surface area contributed by atoms with Gasteiger partial charge in [-0.1, -0.05) is 19.1 Å². The number of carbonyl (C=O) groups is 1. The third kappa shape index (κ3) is 1.84. The number of hydrogen-bond donors (Lipinski definition) is 0. The summed E-state index contributed by atoms with van der Waals surface area (Å²) in [6.45, 7) is 4.09. The van der Waals surface area contributed by atoms with Crippen molar-refractivity contribution in [2.75, 3.05) is 13.1 Å². The van der Waals surface area contributed by atoms with Crippen LogP contribution in [0.5, 0.6) is 0 Å². The first kappa shape index (κ1) is 9.75. The van der Waals surface area contributed by atoms with Gasteiger partial charge in [-0.15, -0.1) is 0 Å². The van der Waals surface area contributed by atoms with Gasteiger partial charge in [0.2, 0.25) is 5.91 Å². The van der Waals surface area contributed by atoms with E-state index >= 15 is 0 Å². The lowest BCUT2D eigenvalue weighted by atomic mass is 9.86. The van der Waals surface area contributed by atoms with Gasteiger partial charge in [0.1, 0.15) is 0 Å². The van der Waals surface area contributed by atoms with Crippen LogP contribution in [0.3, 0.4) is 0 Å². The molecule has 14 heavy (non-hydrogen) atoms. The summed E-state index contributed by atoms with van der Waals surface area (Å²) in [6.07, 6.45) is 8.61. The minimum Gasteiger partial charge on any atom is -0.342 e. The van der Waals surface area contributed by atoms with E-state index in [2.05, 4.69) is 24.0 Å². The molecule has 0 radical (unpaired) electrons. The van der Waals surface area contributed by atoms with Gasteiger partial charge in [0, 0.05) is 19.5 Å². The van der Waals surface area contributed by atoms with Crippen LogP contribution in [0.2, 0.25) is 0 Å². The third-order valence-corrected chi connectivity index (χ3v) is 3.44. The highest BCUT2D eigenvalue weighted by Crippen LogP contribution is 2.32.